The molecule has 4 fully saturated rings. The summed E-state index contributed by atoms with van der Waals surface area (Å²) < 4.78 is 0. The van der Waals surface area contributed by atoms with Gasteiger partial charge in [0, 0.05) is 36.9 Å². The first-order valence-electron chi connectivity index (χ1n) is 9.79. The van der Waals surface area contributed by atoms with Crippen molar-refractivity contribution in [2.75, 3.05) is 18.0 Å². The van der Waals surface area contributed by atoms with Gasteiger partial charge in [0.25, 0.3) is 0 Å². The maximum Gasteiger partial charge on any atom is 0.225 e. The molecule has 26 heavy (non-hydrogen) atoms. The Balaban J connectivity index is 1.20. The second kappa shape index (κ2) is 6.11. The van der Waals surface area contributed by atoms with Crippen molar-refractivity contribution in [2.45, 2.75) is 62.6 Å². The third kappa shape index (κ3) is 2.68. The van der Waals surface area contributed by atoms with Crippen molar-refractivity contribution in [3.8, 4) is 6.19 Å². The number of aromatic nitrogens is 2. The number of fused-ring (bicyclic) bond motifs is 2. The van der Waals surface area contributed by atoms with Crippen molar-refractivity contribution >= 4 is 11.9 Å². The first kappa shape index (κ1) is 15.9. The molecule has 1 N–H and O–H groups in total. The topological polar surface area (TPSA) is 85.2 Å². The molecule has 4 atom stereocenters. The van der Waals surface area contributed by atoms with Gasteiger partial charge >= 0.3 is 0 Å². The van der Waals surface area contributed by atoms with E-state index in [1.807, 2.05) is 17.2 Å². The van der Waals surface area contributed by atoms with E-state index < -0.39 is 0 Å². The molecule has 1 amide bonds. The number of amides is 1. The molecule has 1 saturated carbocycles. The van der Waals surface area contributed by atoms with Crippen LogP contribution in [0.3, 0.4) is 0 Å². The van der Waals surface area contributed by atoms with E-state index in [2.05, 4.69) is 21.4 Å². The molecule has 136 valence electrons. The second-order valence-electron chi connectivity index (χ2n) is 8.14. The van der Waals surface area contributed by atoms with Crippen LogP contribution in [0.4, 0.5) is 5.95 Å². The number of carbonyl (C=O) groups is 1. The highest BCUT2D eigenvalue weighted by Crippen LogP contribution is 2.39. The van der Waals surface area contributed by atoms with E-state index >= 15 is 0 Å². The van der Waals surface area contributed by atoms with Crippen LogP contribution < -0.4 is 10.2 Å². The zero-order valence-electron chi connectivity index (χ0n) is 14.8. The summed E-state index contributed by atoms with van der Waals surface area (Å²) in [7, 11) is 0. The Morgan fingerprint density at radius 3 is 2.92 bits per heavy atom. The quantitative estimate of drug-likeness (QED) is 0.824. The number of hydrogen-bond donors (Lipinski definition) is 1. The molecule has 4 aliphatic rings. The second-order valence-corrected chi connectivity index (χ2v) is 8.14. The predicted octanol–water partition coefficient (Wildman–Crippen LogP) is 1.38. The van der Waals surface area contributed by atoms with E-state index in [0.29, 0.717) is 18.5 Å². The minimum atomic E-state index is -0.0159. The fraction of sp³-hybridized carbons (Fsp3) is 0.684. The summed E-state index contributed by atoms with van der Waals surface area (Å²) in [6, 6.07) is 2.67. The Labute approximate surface area is 153 Å². The Morgan fingerprint density at radius 2 is 2.15 bits per heavy atom. The monoisotopic (exact) mass is 352 g/mol. The summed E-state index contributed by atoms with van der Waals surface area (Å²) in [4.78, 5) is 25.9. The molecular formula is C19H24N6O. The van der Waals surface area contributed by atoms with Crippen molar-refractivity contribution in [3.05, 3.63) is 18.0 Å². The van der Waals surface area contributed by atoms with Crippen LogP contribution in [0, 0.1) is 17.4 Å². The van der Waals surface area contributed by atoms with Gasteiger partial charge in [0.15, 0.2) is 6.19 Å². The van der Waals surface area contributed by atoms with Crippen molar-refractivity contribution in [1.29, 1.82) is 5.26 Å². The lowest BCUT2D eigenvalue weighted by molar-refractivity contribution is -0.125. The van der Waals surface area contributed by atoms with Gasteiger partial charge in [-0.25, -0.2) is 9.97 Å². The minimum absolute atomic E-state index is 0.0159. The molecule has 1 aromatic rings. The van der Waals surface area contributed by atoms with Gasteiger partial charge in [-0.05, 0) is 44.6 Å². The minimum Gasteiger partial charge on any atom is -0.351 e. The summed E-state index contributed by atoms with van der Waals surface area (Å²) in [6.07, 6.45) is 10.4. The molecule has 1 unspecified atom stereocenters. The van der Waals surface area contributed by atoms with Gasteiger partial charge in [-0.2, -0.15) is 5.26 Å². The van der Waals surface area contributed by atoms with Gasteiger partial charge < -0.3 is 15.1 Å². The van der Waals surface area contributed by atoms with Crippen LogP contribution in [0.15, 0.2) is 12.3 Å². The summed E-state index contributed by atoms with van der Waals surface area (Å²) in [5, 5.41) is 12.5. The van der Waals surface area contributed by atoms with Crippen LogP contribution in [0.5, 0.6) is 0 Å². The lowest BCUT2D eigenvalue weighted by atomic mass is 9.95. The van der Waals surface area contributed by atoms with Crippen LogP contribution in [-0.2, 0) is 4.79 Å². The van der Waals surface area contributed by atoms with Crippen LogP contribution >= 0.6 is 0 Å². The molecule has 0 spiro atoms. The third-order valence-electron chi connectivity index (χ3n) is 6.48. The van der Waals surface area contributed by atoms with Crippen LogP contribution in [-0.4, -0.2) is 52.0 Å². The van der Waals surface area contributed by atoms with Gasteiger partial charge in [0.2, 0.25) is 11.9 Å². The zero-order valence-corrected chi connectivity index (χ0v) is 14.8. The average Bonchev–Trinajstić information content (AvgIpc) is 3.13. The van der Waals surface area contributed by atoms with Gasteiger partial charge in [0.05, 0.1) is 18.0 Å². The Kier molecular flexibility index (Phi) is 3.73. The molecule has 5 rings (SSSR count). The van der Waals surface area contributed by atoms with Crippen LogP contribution in [0.1, 0.15) is 50.1 Å². The molecule has 1 aromatic heterocycles. The number of anilines is 1. The lowest BCUT2D eigenvalue weighted by Gasteiger charge is -2.23. The number of nitrogens with zero attached hydrogens (tertiary/aromatic N) is 5. The zero-order chi connectivity index (χ0) is 17.7. The molecule has 0 aromatic carbocycles. The fourth-order valence-corrected chi connectivity index (χ4v) is 4.88. The molecule has 2 bridgehead atoms. The van der Waals surface area contributed by atoms with Gasteiger partial charge in [-0.1, -0.05) is 0 Å². The number of hydrogen-bond acceptors (Lipinski definition) is 6. The number of carbonyl (C=O) groups excluding carboxylic acids is 1. The largest absolute Gasteiger partial charge is 0.351 e. The Bertz CT molecular complexity index is 757. The Morgan fingerprint density at radius 1 is 1.27 bits per heavy atom. The van der Waals surface area contributed by atoms with Crippen molar-refractivity contribution in [1.82, 2.24) is 20.2 Å². The van der Waals surface area contributed by atoms with E-state index in [4.69, 9.17) is 4.98 Å². The number of nitriles is 1. The van der Waals surface area contributed by atoms with Crippen LogP contribution in [0.2, 0.25) is 0 Å². The van der Waals surface area contributed by atoms with E-state index in [-0.39, 0.29) is 23.9 Å². The molecule has 3 aliphatic heterocycles. The number of rotatable bonds is 4. The first-order valence-corrected chi connectivity index (χ1v) is 9.79. The normalized spacial score (nSPS) is 32.7. The van der Waals surface area contributed by atoms with Crippen LogP contribution in [0.25, 0.3) is 0 Å². The smallest absolute Gasteiger partial charge is 0.225 e. The summed E-state index contributed by atoms with van der Waals surface area (Å²) in [5.41, 5.74) is 1.14. The summed E-state index contributed by atoms with van der Waals surface area (Å²) in [6.45, 7) is 1.51. The summed E-state index contributed by atoms with van der Waals surface area (Å²) >= 11 is 0. The summed E-state index contributed by atoms with van der Waals surface area (Å²) in [5.74, 6) is 1.48. The maximum atomic E-state index is 12.8. The first-order chi connectivity index (χ1) is 12.7. The standard InChI is InChI=1S/C19H24N6O/c20-11-25-14-3-4-17(25)16(9-14)22-18(26)13-6-8-24(10-13)19-21-7-5-15(23-19)12-1-2-12/h5,7,12-14,16-17H,1-4,6,8-10H2,(H,22,26)/t13?,14-,16+,17+/m0/s1. The molecule has 3 saturated heterocycles. The molecule has 7 nitrogen and oxygen atoms in total. The van der Waals surface area contributed by atoms with E-state index in [1.165, 1.54) is 12.8 Å². The third-order valence-corrected chi connectivity index (χ3v) is 6.48. The van der Waals surface area contributed by atoms with Gasteiger partial charge in [-0.3, -0.25) is 4.79 Å². The molecule has 7 heteroatoms. The van der Waals surface area contributed by atoms with Crippen molar-refractivity contribution in [2.24, 2.45) is 5.92 Å². The highest BCUT2D eigenvalue weighted by Gasteiger charge is 2.47. The fourth-order valence-electron chi connectivity index (χ4n) is 4.88. The average molecular weight is 352 g/mol. The lowest BCUT2D eigenvalue weighted by Crippen LogP contribution is -2.46. The van der Waals surface area contributed by atoms with Gasteiger partial charge in [0.1, 0.15) is 0 Å². The molecule has 4 heterocycles. The molecule has 0 radical (unpaired) electrons. The van der Waals surface area contributed by atoms with Crippen molar-refractivity contribution < 1.29 is 4.79 Å². The highest BCUT2D eigenvalue weighted by molar-refractivity contribution is 5.80. The molecular weight excluding hydrogens is 328 g/mol. The van der Waals surface area contributed by atoms with Crippen molar-refractivity contribution in [3.63, 3.8) is 0 Å². The Hall–Kier alpha value is -2.36. The predicted molar refractivity (Wildman–Crippen MR) is 95.1 cm³/mol. The van der Waals surface area contributed by atoms with E-state index in [9.17, 15) is 10.1 Å². The molecule has 1 aliphatic carbocycles. The highest BCUT2D eigenvalue weighted by atomic mass is 16.2. The van der Waals surface area contributed by atoms with Gasteiger partial charge in [-0.15, -0.1) is 0 Å². The SMILES string of the molecule is N#CN1[C@H]2CC[C@@H]1[C@H](NC(=O)C1CCN(c3nccc(C4CC4)n3)C1)C2. The number of nitrogens with one attached hydrogen (secondary N) is 1. The van der Waals surface area contributed by atoms with E-state index in [0.717, 1.165) is 43.9 Å². The van der Waals surface area contributed by atoms with E-state index in [1.54, 1.807) is 0 Å². The maximum absolute atomic E-state index is 12.8.